The highest BCUT2D eigenvalue weighted by Gasteiger charge is 2.19. The Labute approximate surface area is 166 Å². The van der Waals surface area contributed by atoms with E-state index in [0.717, 1.165) is 0 Å². The second-order valence-electron chi connectivity index (χ2n) is 6.25. The van der Waals surface area contributed by atoms with E-state index < -0.39 is 12.6 Å². The molecule has 0 unspecified atom stereocenters. The Morgan fingerprint density at radius 1 is 0.966 bits per heavy atom. The number of carbonyl (C=O) groups excluding carboxylic acids is 2. The van der Waals surface area contributed by atoms with E-state index in [1.54, 1.807) is 54.6 Å². The number of furan rings is 1. The fraction of sp³-hybridized carbons (Fsp3) is 0.0870. The molecule has 6 heteroatoms. The molecule has 4 aromatic rings. The lowest BCUT2D eigenvalue weighted by Crippen LogP contribution is -2.15. The minimum Gasteiger partial charge on any atom is -0.496 e. The first-order chi connectivity index (χ1) is 14.2. The van der Waals surface area contributed by atoms with Crippen molar-refractivity contribution in [3.8, 4) is 17.2 Å². The predicted octanol–water partition coefficient (Wildman–Crippen LogP) is 4.54. The number of benzene rings is 2. The van der Waals surface area contributed by atoms with Gasteiger partial charge in [-0.3, -0.25) is 4.79 Å². The summed E-state index contributed by atoms with van der Waals surface area (Å²) in [5, 5.41) is 0.637. The second kappa shape index (κ2) is 7.98. The first-order valence-corrected chi connectivity index (χ1v) is 8.94. The monoisotopic (exact) mass is 387 g/mol. The van der Waals surface area contributed by atoms with Gasteiger partial charge in [0.25, 0.3) is 0 Å². The molecule has 0 saturated heterocycles. The number of esters is 1. The molecule has 0 aliphatic heterocycles. The number of ketones is 1. The van der Waals surface area contributed by atoms with Gasteiger partial charge in [-0.2, -0.15) is 0 Å². The van der Waals surface area contributed by atoms with Crippen LogP contribution in [0.15, 0.2) is 77.4 Å². The van der Waals surface area contributed by atoms with E-state index in [1.165, 1.54) is 13.4 Å². The summed E-state index contributed by atoms with van der Waals surface area (Å²) in [4.78, 5) is 29.8. The summed E-state index contributed by atoms with van der Waals surface area (Å²) in [7, 11) is 1.48. The Hall–Kier alpha value is -3.93. The van der Waals surface area contributed by atoms with E-state index in [9.17, 15) is 9.59 Å². The van der Waals surface area contributed by atoms with Crippen molar-refractivity contribution in [1.82, 2.24) is 4.98 Å². The average Bonchev–Trinajstić information content (AvgIpc) is 3.31. The van der Waals surface area contributed by atoms with E-state index in [-0.39, 0.29) is 5.78 Å². The van der Waals surface area contributed by atoms with Crippen molar-refractivity contribution in [2.24, 2.45) is 0 Å². The second-order valence-corrected chi connectivity index (χ2v) is 6.25. The molecule has 0 aliphatic carbocycles. The third-order valence-corrected chi connectivity index (χ3v) is 4.45. The Kier molecular flexibility index (Phi) is 5.07. The molecule has 0 atom stereocenters. The zero-order valence-corrected chi connectivity index (χ0v) is 15.6. The SMILES string of the molecule is COc1ccccc1C(=O)COC(=O)c1cc(-c2ccco2)nc2ccccc12. The van der Waals surface area contributed by atoms with Crippen molar-refractivity contribution >= 4 is 22.7 Å². The highest BCUT2D eigenvalue weighted by molar-refractivity contribution is 6.06. The number of hydrogen-bond acceptors (Lipinski definition) is 6. The minimum absolute atomic E-state index is 0.315. The summed E-state index contributed by atoms with van der Waals surface area (Å²) >= 11 is 0. The smallest absolute Gasteiger partial charge is 0.339 e. The number of rotatable bonds is 6. The lowest BCUT2D eigenvalue weighted by atomic mass is 10.1. The van der Waals surface area contributed by atoms with E-state index >= 15 is 0 Å². The van der Waals surface area contributed by atoms with E-state index in [1.807, 2.05) is 12.1 Å². The molecule has 2 heterocycles. The lowest BCUT2D eigenvalue weighted by molar-refractivity contribution is 0.0476. The zero-order chi connectivity index (χ0) is 20.2. The summed E-state index contributed by atoms with van der Waals surface area (Å²) in [6, 6.07) is 19.2. The van der Waals surface area contributed by atoms with E-state index in [2.05, 4.69) is 4.98 Å². The van der Waals surface area contributed by atoms with Crippen LogP contribution in [0.2, 0.25) is 0 Å². The van der Waals surface area contributed by atoms with Crippen molar-refractivity contribution < 1.29 is 23.5 Å². The first kappa shape index (κ1) is 18.4. The molecule has 0 saturated carbocycles. The number of hydrogen-bond donors (Lipinski definition) is 0. The average molecular weight is 387 g/mol. The quantitative estimate of drug-likeness (QED) is 0.357. The Bertz CT molecular complexity index is 1180. The summed E-state index contributed by atoms with van der Waals surface area (Å²) < 4.78 is 15.9. The van der Waals surface area contributed by atoms with Crippen LogP contribution in [-0.2, 0) is 4.74 Å². The molecule has 6 nitrogen and oxygen atoms in total. The molecule has 0 bridgehead atoms. The van der Waals surface area contributed by atoms with Gasteiger partial charge < -0.3 is 13.9 Å². The summed E-state index contributed by atoms with van der Waals surface area (Å²) in [6.45, 7) is -0.397. The van der Waals surface area contributed by atoms with Crippen LogP contribution >= 0.6 is 0 Å². The number of methoxy groups -OCH3 is 1. The molecule has 29 heavy (non-hydrogen) atoms. The van der Waals surface area contributed by atoms with Crippen LogP contribution in [0.5, 0.6) is 5.75 Å². The van der Waals surface area contributed by atoms with Crippen molar-refractivity contribution in [2.75, 3.05) is 13.7 Å². The first-order valence-electron chi connectivity index (χ1n) is 8.94. The third-order valence-electron chi connectivity index (χ3n) is 4.45. The van der Waals surface area contributed by atoms with Gasteiger partial charge in [-0.05, 0) is 36.4 Å². The van der Waals surface area contributed by atoms with Gasteiger partial charge in [-0.15, -0.1) is 0 Å². The topological polar surface area (TPSA) is 78.6 Å². The number of para-hydroxylation sites is 2. The molecule has 0 amide bonds. The summed E-state index contributed by atoms with van der Waals surface area (Å²) in [5.74, 6) is 0.0120. The third kappa shape index (κ3) is 3.73. The molecule has 0 N–H and O–H groups in total. The molecule has 0 spiro atoms. The van der Waals surface area contributed by atoms with E-state index in [4.69, 9.17) is 13.9 Å². The summed E-state index contributed by atoms with van der Waals surface area (Å²) in [5.41, 5.74) is 1.81. The maximum atomic E-state index is 12.8. The largest absolute Gasteiger partial charge is 0.496 e. The Balaban J connectivity index is 1.62. The highest BCUT2D eigenvalue weighted by Crippen LogP contribution is 2.26. The molecule has 4 rings (SSSR count). The molecule has 144 valence electrons. The van der Waals surface area contributed by atoms with Crippen LogP contribution in [0.25, 0.3) is 22.4 Å². The number of fused-ring (bicyclic) bond motifs is 1. The van der Waals surface area contributed by atoms with Crippen molar-refractivity contribution in [2.45, 2.75) is 0 Å². The van der Waals surface area contributed by atoms with E-state index in [0.29, 0.717) is 39.2 Å². The lowest BCUT2D eigenvalue weighted by Gasteiger charge is -2.10. The van der Waals surface area contributed by atoms with Crippen molar-refractivity contribution in [1.29, 1.82) is 0 Å². The molecule has 0 fully saturated rings. The fourth-order valence-electron chi connectivity index (χ4n) is 3.06. The fourth-order valence-corrected chi connectivity index (χ4v) is 3.06. The molecular weight excluding hydrogens is 370 g/mol. The van der Waals surface area contributed by atoms with Crippen LogP contribution in [0.3, 0.4) is 0 Å². The number of Topliss-reactive ketones (excluding diaryl/α,β-unsaturated/α-hetero) is 1. The van der Waals surface area contributed by atoms with Gasteiger partial charge in [0.05, 0.1) is 30.0 Å². The van der Waals surface area contributed by atoms with Crippen LogP contribution < -0.4 is 4.74 Å². The van der Waals surface area contributed by atoms with Crippen molar-refractivity contribution in [3.05, 3.63) is 84.1 Å². The number of nitrogens with zero attached hydrogens (tertiary/aromatic N) is 1. The maximum Gasteiger partial charge on any atom is 0.339 e. The van der Waals surface area contributed by atoms with Crippen LogP contribution in [0, 0.1) is 0 Å². The molecule has 0 aliphatic rings. The highest BCUT2D eigenvalue weighted by atomic mass is 16.5. The Morgan fingerprint density at radius 3 is 2.55 bits per heavy atom. The van der Waals surface area contributed by atoms with Crippen LogP contribution in [0.1, 0.15) is 20.7 Å². The van der Waals surface area contributed by atoms with Gasteiger partial charge >= 0.3 is 5.97 Å². The van der Waals surface area contributed by atoms with Gasteiger partial charge in [-0.25, -0.2) is 9.78 Å². The standard InChI is InChI=1S/C23H17NO5/c1-27-21-10-5-3-8-16(21)20(25)14-29-23(26)17-13-19(22-11-6-12-28-22)24-18-9-4-2-7-15(17)18/h2-13H,14H2,1H3. The number of aromatic nitrogens is 1. The molecule has 0 radical (unpaired) electrons. The molecule has 2 aromatic carbocycles. The van der Waals surface area contributed by atoms with Crippen LogP contribution in [-0.4, -0.2) is 30.5 Å². The molecule has 2 aromatic heterocycles. The van der Waals surface area contributed by atoms with Gasteiger partial charge in [0.15, 0.2) is 12.4 Å². The number of carbonyl (C=O) groups is 2. The Morgan fingerprint density at radius 2 is 1.76 bits per heavy atom. The number of pyridine rings is 1. The molecular formula is C23H17NO5. The van der Waals surface area contributed by atoms with Gasteiger partial charge in [0, 0.05) is 5.39 Å². The normalized spacial score (nSPS) is 10.7. The van der Waals surface area contributed by atoms with Crippen molar-refractivity contribution in [3.63, 3.8) is 0 Å². The van der Waals surface area contributed by atoms with Gasteiger partial charge in [0.2, 0.25) is 5.78 Å². The maximum absolute atomic E-state index is 12.8. The minimum atomic E-state index is -0.611. The predicted molar refractivity (Wildman–Crippen MR) is 107 cm³/mol. The zero-order valence-electron chi connectivity index (χ0n) is 15.6. The number of ether oxygens (including phenoxy) is 2. The van der Waals surface area contributed by atoms with Crippen LogP contribution in [0.4, 0.5) is 0 Å². The van der Waals surface area contributed by atoms with Gasteiger partial charge in [-0.1, -0.05) is 30.3 Å². The summed E-state index contributed by atoms with van der Waals surface area (Å²) in [6.07, 6.45) is 1.54. The van der Waals surface area contributed by atoms with Gasteiger partial charge in [0.1, 0.15) is 11.4 Å².